The summed E-state index contributed by atoms with van der Waals surface area (Å²) < 4.78 is 11.3. The van der Waals surface area contributed by atoms with Gasteiger partial charge in [-0.2, -0.15) is 0 Å². The van der Waals surface area contributed by atoms with Crippen LogP contribution in [0, 0.1) is 17.8 Å². The number of likely N-dealkylation sites (N-methyl/N-ethyl adjacent to an activating group) is 1. The number of ether oxygens (including phenoxy) is 2. The number of rotatable bonds is 11. The van der Waals surface area contributed by atoms with Crippen LogP contribution in [0.1, 0.15) is 48.7 Å². The van der Waals surface area contributed by atoms with E-state index in [1.807, 2.05) is 26.0 Å². The Morgan fingerprint density at radius 1 is 0.943 bits per heavy atom. The Labute approximate surface area is 316 Å². The van der Waals surface area contributed by atoms with Crippen LogP contribution in [0.3, 0.4) is 0 Å². The van der Waals surface area contributed by atoms with Gasteiger partial charge in [0.2, 0.25) is 17.7 Å². The van der Waals surface area contributed by atoms with Crippen LogP contribution in [0.15, 0.2) is 72.9 Å². The summed E-state index contributed by atoms with van der Waals surface area (Å²) in [6, 6.07) is 21.2. The molecule has 11 nitrogen and oxygen atoms in total. The molecule has 2 aliphatic rings. The Morgan fingerprint density at radius 3 is 2.40 bits per heavy atom. The predicted octanol–water partition coefficient (Wildman–Crippen LogP) is 5.51. The van der Waals surface area contributed by atoms with Gasteiger partial charge in [0.05, 0.1) is 37.1 Å². The number of carbonyl (C=O) groups is 4. The smallest absolute Gasteiger partial charge is 0.254 e. The summed E-state index contributed by atoms with van der Waals surface area (Å²) in [5.41, 5.74) is 3.51. The molecule has 0 bridgehead atoms. The van der Waals surface area contributed by atoms with Crippen molar-refractivity contribution in [1.29, 1.82) is 0 Å². The number of aryl methyl sites for hydroxylation is 1. The summed E-state index contributed by atoms with van der Waals surface area (Å²) in [6.07, 6.45) is 4.29. The van der Waals surface area contributed by atoms with Gasteiger partial charge in [-0.25, -0.2) is 0 Å². The van der Waals surface area contributed by atoms with Gasteiger partial charge in [-0.15, -0.1) is 0 Å². The molecule has 0 aliphatic carbocycles. The van der Waals surface area contributed by atoms with Gasteiger partial charge >= 0.3 is 0 Å². The fourth-order valence-corrected chi connectivity index (χ4v) is 7.50. The van der Waals surface area contributed by atoms with Crippen LogP contribution in [0.2, 0.25) is 5.02 Å². The summed E-state index contributed by atoms with van der Waals surface area (Å²) in [7, 11) is 3.03. The van der Waals surface area contributed by atoms with Gasteiger partial charge in [0.1, 0.15) is 0 Å². The third-order valence-electron chi connectivity index (χ3n) is 9.79. The zero-order valence-electron chi connectivity index (χ0n) is 31.1. The van der Waals surface area contributed by atoms with Crippen molar-refractivity contribution in [3.8, 4) is 11.5 Å². The van der Waals surface area contributed by atoms with Crippen molar-refractivity contribution in [3.63, 3.8) is 0 Å². The van der Waals surface area contributed by atoms with Crippen molar-refractivity contribution in [1.82, 2.24) is 25.4 Å². The molecule has 0 radical (unpaired) electrons. The van der Waals surface area contributed by atoms with Crippen LogP contribution in [0.4, 0.5) is 0 Å². The summed E-state index contributed by atoms with van der Waals surface area (Å²) >= 11 is 6.45. The average Bonchev–Trinajstić information content (AvgIpc) is 3.79. The normalized spacial score (nSPS) is 17.8. The van der Waals surface area contributed by atoms with Gasteiger partial charge in [0.25, 0.3) is 5.91 Å². The van der Waals surface area contributed by atoms with Crippen LogP contribution in [0.5, 0.6) is 11.5 Å². The number of aromatic nitrogens is 1. The zero-order valence-corrected chi connectivity index (χ0v) is 31.9. The van der Waals surface area contributed by atoms with Gasteiger partial charge < -0.3 is 34.9 Å². The number of likely N-dealkylation sites (tertiary alicyclic amines) is 2. The first-order chi connectivity index (χ1) is 25.5. The Balaban J connectivity index is 0.000000526. The topological polar surface area (TPSA) is 133 Å². The van der Waals surface area contributed by atoms with Crippen LogP contribution in [0.25, 0.3) is 10.9 Å². The van der Waals surface area contributed by atoms with Crippen molar-refractivity contribution in [2.45, 2.75) is 46.1 Å². The number of amides is 4. The molecule has 3 aromatic carbocycles. The monoisotopic (exact) mass is 743 g/mol. The molecular weight excluding hydrogens is 694 g/mol. The van der Waals surface area contributed by atoms with E-state index in [1.54, 1.807) is 40.3 Å². The van der Waals surface area contributed by atoms with E-state index < -0.39 is 5.92 Å². The number of halogens is 1. The number of nitrogens with one attached hydrogen (secondary N) is 3. The number of methoxy groups -OCH3 is 1. The van der Waals surface area contributed by atoms with Crippen LogP contribution in [-0.4, -0.2) is 91.4 Å². The molecule has 282 valence electrons. The molecular formula is C41H50ClN5O6. The van der Waals surface area contributed by atoms with Crippen LogP contribution in [-0.2, 0) is 27.2 Å². The number of nitrogens with zero attached hydrogens (tertiary/aromatic N) is 2. The molecule has 3 atom stereocenters. The number of hydrogen-bond acceptors (Lipinski definition) is 6. The maximum atomic E-state index is 13.7. The van der Waals surface area contributed by atoms with E-state index in [4.69, 9.17) is 21.1 Å². The minimum Gasteiger partial charge on any atom is -0.493 e. The molecule has 1 aromatic heterocycles. The van der Waals surface area contributed by atoms with Gasteiger partial charge in [-0.1, -0.05) is 61.3 Å². The molecule has 6 rings (SSSR count). The number of H-pyrrole nitrogens is 1. The van der Waals surface area contributed by atoms with Gasteiger partial charge in [0, 0.05) is 55.9 Å². The first-order valence-corrected chi connectivity index (χ1v) is 18.6. The lowest BCUT2D eigenvalue weighted by Gasteiger charge is -2.39. The van der Waals surface area contributed by atoms with Crippen molar-refractivity contribution in [2.75, 3.05) is 46.9 Å². The number of carbonyl (C=O) groups excluding carboxylic acids is 4. The van der Waals surface area contributed by atoms with E-state index in [9.17, 15) is 19.2 Å². The first kappa shape index (κ1) is 39.2. The summed E-state index contributed by atoms with van der Waals surface area (Å²) in [5, 5.41) is 6.58. The van der Waals surface area contributed by atoms with Crippen LogP contribution < -0.4 is 20.1 Å². The molecule has 3 unspecified atom stereocenters. The highest BCUT2D eigenvalue weighted by atomic mass is 35.5. The standard InChI is InChI=1S/C32H38ClN5O6.C9H12/c1-18(2)44-26-9-8-19(10-27(26)43-4)32(42)38-15-21-14-37(17-23(22(21)16-38)31(41)36-13-28(39)34-3)29(40)11-20-12-35-25-7-5-6-24(33)30(20)25;1-2-6-9-7-4-3-5-8-9/h5-10,12,18,21-23,35H,11,13-17H2,1-4H3,(H,34,39)(H,36,41);3-5,7-8H,2,6H2,1H3. The molecule has 3 heterocycles. The van der Waals surface area contributed by atoms with Crippen molar-refractivity contribution < 1.29 is 28.7 Å². The molecule has 0 saturated carbocycles. The second kappa shape index (κ2) is 18.1. The van der Waals surface area contributed by atoms with E-state index in [0.29, 0.717) is 41.7 Å². The Kier molecular flexibility index (Phi) is 13.4. The summed E-state index contributed by atoms with van der Waals surface area (Å²) in [5.74, 6) is -0.852. The lowest BCUT2D eigenvalue weighted by atomic mass is 9.79. The fraction of sp³-hybridized carbons (Fsp3) is 0.415. The lowest BCUT2D eigenvalue weighted by Crippen LogP contribution is -2.54. The number of aromatic amines is 1. The van der Waals surface area contributed by atoms with E-state index in [0.717, 1.165) is 16.5 Å². The average molecular weight is 744 g/mol. The number of hydrogen-bond donors (Lipinski definition) is 3. The quantitative estimate of drug-likeness (QED) is 0.186. The molecule has 12 heteroatoms. The number of benzene rings is 3. The number of fused-ring (bicyclic) bond motifs is 2. The van der Waals surface area contributed by atoms with Crippen molar-refractivity contribution >= 4 is 46.1 Å². The minimum atomic E-state index is -0.594. The van der Waals surface area contributed by atoms with E-state index in [1.165, 1.54) is 32.6 Å². The molecule has 2 saturated heterocycles. The highest BCUT2D eigenvalue weighted by molar-refractivity contribution is 6.35. The Hall–Kier alpha value is -5.03. The molecule has 2 aliphatic heterocycles. The largest absolute Gasteiger partial charge is 0.493 e. The zero-order chi connectivity index (χ0) is 38.1. The highest BCUT2D eigenvalue weighted by Crippen LogP contribution is 2.38. The van der Waals surface area contributed by atoms with Gasteiger partial charge in [-0.05, 0) is 73.6 Å². The molecule has 4 amide bonds. The van der Waals surface area contributed by atoms with Gasteiger partial charge in [-0.3, -0.25) is 19.2 Å². The highest BCUT2D eigenvalue weighted by Gasteiger charge is 2.48. The SMILES string of the molecule is CCCc1ccccc1.CNC(=O)CNC(=O)C1CN(C(=O)Cc2c[nH]c3cccc(Cl)c23)CC2CN(C(=O)c3ccc(OC(C)C)c(OC)c3)CC21. The maximum Gasteiger partial charge on any atom is 0.254 e. The molecule has 0 spiro atoms. The van der Waals surface area contributed by atoms with E-state index in [-0.39, 0.29) is 61.1 Å². The molecule has 2 fully saturated rings. The Morgan fingerprint density at radius 2 is 1.70 bits per heavy atom. The van der Waals surface area contributed by atoms with E-state index >= 15 is 0 Å². The fourth-order valence-electron chi connectivity index (χ4n) is 7.20. The third kappa shape index (κ3) is 9.70. The number of piperidine rings is 1. The predicted molar refractivity (Wildman–Crippen MR) is 206 cm³/mol. The van der Waals surface area contributed by atoms with Gasteiger partial charge in [0.15, 0.2) is 11.5 Å². The minimum absolute atomic E-state index is 0.0581. The van der Waals surface area contributed by atoms with Crippen molar-refractivity contribution in [2.24, 2.45) is 17.8 Å². The molecule has 53 heavy (non-hydrogen) atoms. The van der Waals surface area contributed by atoms with E-state index in [2.05, 4.69) is 52.9 Å². The second-order valence-electron chi connectivity index (χ2n) is 13.9. The molecule has 3 N–H and O–H groups in total. The summed E-state index contributed by atoms with van der Waals surface area (Å²) in [4.78, 5) is 59.3. The van der Waals surface area contributed by atoms with Crippen LogP contribution >= 0.6 is 11.6 Å². The lowest BCUT2D eigenvalue weighted by molar-refractivity contribution is -0.139. The third-order valence-corrected chi connectivity index (χ3v) is 10.1. The first-order valence-electron chi connectivity index (χ1n) is 18.2. The summed E-state index contributed by atoms with van der Waals surface area (Å²) in [6.45, 7) is 7.20. The molecule has 4 aromatic rings. The second-order valence-corrected chi connectivity index (χ2v) is 14.3. The maximum absolute atomic E-state index is 13.7. The van der Waals surface area contributed by atoms with Crippen molar-refractivity contribution in [3.05, 3.63) is 94.6 Å². The Bertz CT molecular complexity index is 1900.